The molecule has 3 rings (SSSR count). The van der Waals surface area contributed by atoms with Gasteiger partial charge in [0.1, 0.15) is 5.69 Å². The fourth-order valence-corrected chi connectivity index (χ4v) is 1.97. The Kier molecular flexibility index (Phi) is 2.66. The zero-order chi connectivity index (χ0) is 12.5. The van der Waals surface area contributed by atoms with Crippen LogP contribution >= 0.6 is 0 Å². The van der Waals surface area contributed by atoms with Crippen LogP contribution in [0, 0.1) is 5.82 Å². The first-order valence-corrected chi connectivity index (χ1v) is 5.77. The van der Waals surface area contributed by atoms with Gasteiger partial charge in [-0.1, -0.05) is 18.2 Å². The standard InChI is InChI=1S/C13H11F2N3/c14-11-7-16-13(18-15)17-12(11)10-3-1-2-9(6-10)8-4-5-8/h1-3,6-8H,4-5H2,(H,16,17,18). The summed E-state index contributed by atoms with van der Waals surface area (Å²) in [6, 6.07) is 7.56. The SMILES string of the molecule is FNc1ncc(F)c(-c2cccc(C3CC3)c2)n1. The van der Waals surface area contributed by atoms with Crippen molar-refractivity contribution in [2.45, 2.75) is 18.8 Å². The van der Waals surface area contributed by atoms with Gasteiger partial charge >= 0.3 is 0 Å². The van der Waals surface area contributed by atoms with Gasteiger partial charge in [-0.2, -0.15) is 5.54 Å². The molecule has 0 atom stereocenters. The topological polar surface area (TPSA) is 37.8 Å². The molecule has 1 saturated carbocycles. The maximum absolute atomic E-state index is 13.7. The lowest BCUT2D eigenvalue weighted by molar-refractivity contribution is 0.591. The Labute approximate surface area is 103 Å². The molecule has 1 N–H and O–H groups in total. The fourth-order valence-electron chi connectivity index (χ4n) is 1.97. The van der Waals surface area contributed by atoms with E-state index in [1.54, 1.807) is 6.07 Å². The first kappa shape index (κ1) is 11.1. The van der Waals surface area contributed by atoms with Crippen LogP contribution in [0.25, 0.3) is 11.3 Å². The second-order valence-corrected chi connectivity index (χ2v) is 4.38. The summed E-state index contributed by atoms with van der Waals surface area (Å²) in [5.74, 6) is -0.209. The lowest BCUT2D eigenvalue weighted by atomic mass is 10.0. The van der Waals surface area contributed by atoms with E-state index in [0.717, 1.165) is 6.20 Å². The molecule has 0 saturated heterocycles. The summed E-state index contributed by atoms with van der Waals surface area (Å²) < 4.78 is 25.9. The van der Waals surface area contributed by atoms with Gasteiger partial charge in [-0.3, -0.25) is 0 Å². The zero-order valence-corrected chi connectivity index (χ0v) is 9.53. The number of nitrogens with zero attached hydrogens (tertiary/aromatic N) is 2. The Morgan fingerprint density at radius 2 is 2.11 bits per heavy atom. The average molecular weight is 247 g/mol. The van der Waals surface area contributed by atoms with E-state index in [0.29, 0.717) is 11.5 Å². The van der Waals surface area contributed by atoms with Gasteiger partial charge in [0.05, 0.1) is 6.20 Å². The molecule has 1 aliphatic carbocycles. The third kappa shape index (κ3) is 2.03. The predicted octanol–water partition coefficient (Wildman–Crippen LogP) is 3.46. The minimum Gasteiger partial charge on any atom is -0.217 e. The van der Waals surface area contributed by atoms with Crippen molar-refractivity contribution in [3.8, 4) is 11.3 Å². The molecule has 92 valence electrons. The molecule has 1 aliphatic rings. The van der Waals surface area contributed by atoms with Crippen LogP contribution < -0.4 is 5.54 Å². The van der Waals surface area contributed by atoms with E-state index >= 15 is 0 Å². The van der Waals surface area contributed by atoms with Gasteiger partial charge in [0.25, 0.3) is 5.95 Å². The monoisotopic (exact) mass is 247 g/mol. The molecule has 1 aromatic carbocycles. The molecule has 0 spiro atoms. The predicted molar refractivity (Wildman–Crippen MR) is 64.1 cm³/mol. The molecule has 1 fully saturated rings. The van der Waals surface area contributed by atoms with Gasteiger partial charge in [-0.15, -0.1) is 4.48 Å². The first-order chi connectivity index (χ1) is 8.78. The van der Waals surface area contributed by atoms with Crippen molar-refractivity contribution < 1.29 is 8.87 Å². The molecule has 0 radical (unpaired) electrons. The summed E-state index contributed by atoms with van der Waals surface area (Å²) in [5, 5.41) is 0. The van der Waals surface area contributed by atoms with Crippen LogP contribution in [0.15, 0.2) is 30.5 Å². The van der Waals surface area contributed by atoms with E-state index < -0.39 is 5.82 Å². The second-order valence-electron chi connectivity index (χ2n) is 4.38. The van der Waals surface area contributed by atoms with Crippen LogP contribution in [-0.2, 0) is 0 Å². The van der Waals surface area contributed by atoms with Crippen molar-refractivity contribution in [2.75, 3.05) is 5.54 Å². The zero-order valence-electron chi connectivity index (χ0n) is 9.53. The van der Waals surface area contributed by atoms with Crippen LogP contribution in [0.4, 0.5) is 14.8 Å². The summed E-state index contributed by atoms with van der Waals surface area (Å²) in [7, 11) is 0. The molecule has 3 nitrogen and oxygen atoms in total. The summed E-state index contributed by atoms with van der Waals surface area (Å²) in [5.41, 5.74) is 3.27. The normalized spacial score (nSPS) is 14.6. The fraction of sp³-hybridized carbons (Fsp3) is 0.231. The van der Waals surface area contributed by atoms with Crippen molar-refractivity contribution in [1.82, 2.24) is 9.97 Å². The molecule has 0 aliphatic heterocycles. The van der Waals surface area contributed by atoms with E-state index in [2.05, 4.69) is 9.97 Å². The molecule has 0 bridgehead atoms. The van der Waals surface area contributed by atoms with Gasteiger partial charge < -0.3 is 0 Å². The number of rotatable bonds is 3. The Balaban J connectivity index is 2.05. The summed E-state index contributed by atoms with van der Waals surface area (Å²) >= 11 is 0. The average Bonchev–Trinajstić information content (AvgIpc) is 3.24. The maximum atomic E-state index is 13.7. The van der Waals surface area contributed by atoms with E-state index in [1.807, 2.05) is 18.2 Å². The number of hydrogen-bond acceptors (Lipinski definition) is 3. The molecular weight excluding hydrogens is 236 g/mol. The molecule has 2 aromatic rings. The third-order valence-corrected chi connectivity index (χ3v) is 3.04. The molecule has 0 unspecified atom stereocenters. The number of hydrogen-bond donors (Lipinski definition) is 1. The van der Waals surface area contributed by atoms with E-state index in [-0.39, 0.29) is 11.6 Å². The van der Waals surface area contributed by atoms with Crippen LogP contribution in [-0.4, -0.2) is 9.97 Å². The van der Waals surface area contributed by atoms with Gasteiger partial charge in [-0.25, -0.2) is 14.4 Å². The van der Waals surface area contributed by atoms with Gasteiger partial charge in [0.2, 0.25) is 0 Å². The van der Waals surface area contributed by atoms with Crippen LogP contribution in [0.1, 0.15) is 24.3 Å². The van der Waals surface area contributed by atoms with E-state index in [9.17, 15) is 8.87 Å². The van der Waals surface area contributed by atoms with E-state index in [1.165, 1.54) is 23.9 Å². The Morgan fingerprint density at radius 1 is 1.28 bits per heavy atom. The van der Waals surface area contributed by atoms with Crippen LogP contribution in [0.3, 0.4) is 0 Å². The molecule has 1 aromatic heterocycles. The van der Waals surface area contributed by atoms with Crippen LogP contribution in [0.2, 0.25) is 0 Å². The highest BCUT2D eigenvalue weighted by molar-refractivity contribution is 5.62. The van der Waals surface area contributed by atoms with Crippen molar-refractivity contribution in [2.24, 2.45) is 0 Å². The Bertz CT molecular complexity index is 582. The molecule has 18 heavy (non-hydrogen) atoms. The van der Waals surface area contributed by atoms with Crippen molar-refractivity contribution >= 4 is 5.95 Å². The highest BCUT2D eigenvalue weighted by Gasteiger charge is 2.23. The highest BCUT2D eigenvalue weighted by Crippen LogP contribution is 2.41. The van der Waals surface area contributed by atoms with E-state index in [4.69, 9.17) is 0 Å². The van der Waals surface area contributed by atoms with Crippen LogP contribution in [0.5, 0.6) is 0 Å². The number of benzene rings is 1. The Morgan fingerprint density at radius 3 is 2.83 bits per heavy atom. The number of aromatic nitrogens is 2. The minimum atomic E-state index is -0.554. The molecular formula is C13H11F2N3. The summed E-state index contributed by atoms with van der Waals surface area (Å²) in [4.78, 5) is 7.29. The highest BCUT2D eigenvalue weighted by atomic mass is 19.2. The lowest BCUT2D eigenvalue weighted by Crippen LogP contribution is -1.97. The molecule has 0 amide bonds. The van der Waals surface area contributed by atoms with Gasteiger partial charge in [0, 0.05) is 5.56 Å². The third-order valence-electron chi connectivity index (χ3n) is 3.04. The second kappa shape index (κ2) is 4.33. The van der Waals surface area contributed by atoms with Crippen molar-refractivity contribution in [1.29, 1.82) is 0 Å². The van der Waals surface area contributed by atoms with Gasteiger partial charge in [0.15, 0.2) is 5.82 Å². The minimum absolute atomic E-state index is 0.118. The largest absolute Gasteiger partial charge is 0.252 e. The summed E-state index contributed by atoms with van der Waals surface area (Å²) in [6.45, 7) is 0. The van der Waals surface area contributed by atoms with Crippen molar-refractivity contribution in [3.63, 3.8) is 0 Å². The van der Waals surface area contributed by atoms with Crippen molar-refractivity contribution in [3.05, 3.63) is 41.8 Å². The van der Waals surface area contributed by atoms with Gasteiger partial charge in [-0.05, 0) is 30.4 Å². The lowest BCUT2D eigenvalue weighted by Gasteiger charge is -2.06. The molecule has 1 heterocycles. The smallest absolute Gasteiger partial charge is 0.217 e. The number of anilines is 1. The maximum Gasteiger partial charge on any atom is 0.252 e. The quantitative estimate of drug-likeness (QED) is 0.844. The molecule has 5 heteroatoms. The summed E-state index contributed by atoms with van der Waals surface area (Å²) in [6.07, 6.45) is 3.31. The Hall–Kier alpha value is -2.04. The number of halogens is 2. The number of nitrogens with one attached hydrogen (secondary N) is 1. The first-order valence-electron chi connectivity index (χ1n) is 5.77.